The zero-order valence-corrected chi connectivity index (χ0v) is 20.6. The van der Waals surface area contributed by atoms with Crippen molar-refractivity contribution in [3.8, 4) is 0 Å². The second kappa shape index (κ2) is 20.8. The Morgan fingerprint density at radius 2 is 1.09 bits per heavy atom. The second-order valence-corrected chi connectivity index (χ2v) is 9.13. The average molecular weight is 462 g/mol. The molecule has 0 aromatic heterocycles. The van der Waals surface area contributed by atoms with Gasteiger partial charge in [0, 0.05) is 19.5 Å². The fourth-order valence-electron chi connectivity index (χ4n) is 3.87. The van der Waals surface area contributed by atoms with Gasteiger partial charge in [-0.2, -0.15) is 0 Å². The van der Waals surface area contributed by atoms with Gasteiger partial charge in [0.2, 0.25) is 5.91 Å². The first-order valence-corrected chi connectivity index (χ1v) is 13.0. The number of unbranched alkanes of at least 4 members (excludes halogenated alkanes) is 12. The maximum absolute atomic E-state index is 12.7. The molecule has 0 bridgehead atoms. The summed E-state index contributed by atoms with van der Waals surface area (Å²) < 4.78 is 0. The molecule has 0 aromatic rings. The molecule has 32 heavy (non-hydrogen) atoms. The lowest BCUT2D eigenvalue weighted by Crippen LogP contribution is -2.50. The van der Waals surface area contributed by atoms with Gasteiger partial charge in [0.05, 0.1) is 6.61 Å². The van der Waals surface area contributed by atoms with E-state index in [-0.39, 0.29) is 12.5 Å². The van der Waals surface area contributed by atoms with E-state index in [0.29, 0.717) is 13.0 Å². The Kier molecular flexibility index (Phi) is 20.4. The largest absolute Gasteiger partial charge is 0.394 e. The maximum Gasteiger partial charge on any atom is 0.222 e. The molecule has 0 aromatic carbocycles. The highest BCUT2D eigenvalue weighted by Gasteiger charge is 2.31. The van der Waals surface area contributed by atoms with Crippen molar-refractivity contribution >= 4 is 5.91 Å². The van der Waals surface area contributed by atoms with Crippen molar-refractivity contribution in [3.05, 3.63) is 0 Å². The molecule has 4 atom stereocenters. The van der Waals surface area contributed by atoms with Gasteiger partial charge in [-0.05, 0) is 12.8 Å². The Morgan fingerprint density at radius 3 is 1.59 bits per heavy atom. The van der Waals surface area contributed by atoms with E-state index in [9.17, 15) is 25.2 Å². The molecule has 0 saturated carbocycles. The van der Waals surface area contributed by atoms with Crippen LogP contribution < -0.4 is 0 Å². The Hall–Kier alpha value is -0.730. The van der Waals surface area contributed by atoms with Crippen LogP contribution in [0.1, 0.15) is 110 Å². The zero-order valence-electron chi connectivity index (χ0n) is 20.6. The minimum Gasteiger partial charge on any atom is -0.394 e. The summed E-state index contributed by atoms with van der Waals surface area (Å²) in [5, 5.41) is 48.7. The van der Waals surface area contributed by atoms with Crippen LogP contribution >= 0.6 is 0 Å². The number of aliphatic hydroxyl groups excluding tert-OH is 5. The fourth-order valence-corrected chi connectivity index (χ4v) is 3.87. The maximum atomic E-state index is 12.7. The molecule has 192 valence electrons. The summed E-state index contributed by atoms with van der Waals surface area (Å²) >= 11 is 0. The molecule has 0 fully saturated rings. The number of amides is 1. The lowest BCUT2D eigenvalue weighted by molar-refractivity contribution is -0.140. The van der Waals surface area contributed by atoms with Gasteiger partial charge >= 0.3 is 0 Å². The summed E-state index contributed by atoms with van der Waals surface area (Å²) in [6.07, 6.45) is 10.0. The molecule has 0 aliphatic rings. The molecule has 0 aliphatic heterocycles. The van der Waals surface area contributed by atoms with Crippen LogP contribution in [0.3, 0.4) is 0 Å². The van der Waals surface area contributed by atoms with Crippen molar-refractivity contribution in [1.82, 2.24) is 4.90 Å². The molecule has 0 spiro atoms. The van der Waals surface area contributed by atoms with Crippen molar-refractivity contribution in [1.29, 1.82) is 0 Å². The summed E-state index contributed by atoms with van der Waals surface area (Å²) in [6.45, 7) is 4.03. The van der Waals surface area contributed by atoms with Crippen LogP contribution in [0, 0.1) is 0 Å². The molecule has 5 N–H and O–H groups in total. The predicted octanol–water partition coefficient (Wildman–Crippen LogP) is 3.14. The highest BCUT2D eigenvalue weighted by molar-refractivity contribution is 5.76. The Labute approximate surface area is 195 Å². The molecule has 7 heteroatoms. The Morgan fingerprint density at radius 1 is 0.656 bits per heavy atom. The first-order chi connectivity index (χ1) is 15.4. The highest BCUT2D eigenvalue weighted by Crippen LogP contribution is 2.13. The second-order valence-electron chi connectivity index (χ2n) is 9.13. The summed E-state index contributed by atoms with van der Waals surface area (Å²) in [6, 6.07) is 0. The third-order valence-electron chi connectivity index (χ3n) is 6.11. The van der Waals surface area contributed by atoms with Gasteiger partial charge in [-0.15, -0.1) is 0 Å². The van der Waals surface area contributed by atoms with Gasteiger partial charge in [-0.1, -0.05) is 90.9 Å². The molecule has 0 radical (unpaired) electrons. The van der Waals surface area contributed by atoms with Gasteiger partial charge in [0.25, 0.3) is 0 Å². The number of carbonyl (C=O) groups is 1. The van der Waals surface area contributed by atoms with Crippen LogP contribution in [0.5, 0.6) is 0 Å². The van der Waals surface area contributed by atoms with Crippen molar-refractivity contribution < 1.29 is 30.3 Å². The van der Waals surface area contributed by atoms with Crippen LogP contribution in [-0.2, 0) is 4.79 Å². The van der Waals surface area contributed by atoms with Crippen LogP contribution in [0.15, 0.2) is 0 Å². The van der Waals surface area contributed by atoms with Crippen molar-refractivity contribution in [2.75, 3.05) is 19.7 Å². The van der Waals surface area contributed by atoms with Crippen LogP contribution in [0.4, 0.5) is 0 Å². The minimum atomic E-state index is -1.67. The Balaban J connectivity index is 4.47. The van der Waals surface area contributed by atoms with Gasteiger partial charge < -0.3 is 30.4 Å². The monoisotopic (exact) mass is 461 g/mol. The molecular formula is C25H51NO6. The summed E-state index contributed by atoms with van der Waals surface area (Å²) in [5.74, 6) is -0.0551. The van der Waals surface area contributed by atoms with Gasteiger partial charge in [0.1, 0.15) is 24.4 Å². The first kappa shape index (κ1) is 31.3. The number of rotatable bonds is 22. The van der Waals surface area contributed by atoms with Crippen LogP contribution in [0.25, 0.3) is 0 Å². The third kappa shape index (κ3) is 15.2. The third-order valence-corrected chi connectivity index (χ3v) is 6.11. The number of carbonyl (C=O) groups excluding carboxylic acids is 1. The molecule has 7 nitrogen and oxygen atoms in total. The molecule has 0 heterocycles. The zero-order chi connectivity index (χ0) is 24.2. The van der Waals surface area contributed by atoms with Gasteiger partial charge in [-0.3, -0.25) is 4.79 Å². The van der Waals surface area contributed by atoms with Crippen LogP contribution in [-0.4, -0.2) is 80.5 Å². The summed E-state index contributed by atoms with van der Waals surface area (Å²) in [4.78, 5) is 14.3. The first-order valence-electron chi connectivity index (χ1n) is 13.0. The lowest BCUT2D eigenvalue weighted by atomic mass is 10.0. The summed E-state index contributed by atoms with van der Waals surface area (Å²) in [7, 11) is 0. The van der Waals surface area contributed by atoms with E-state index in [0.717, 1.165) is 44.9 Å². The molecule has 0 unspecified atom stereocenters. The molecule has 0 aliphatic carbocycles. The molecule has 0 rings (SSSR count). The number of hydrogen-bond donors (Lipinski definition) is 5. The SMILES string of the molecule is CCCCCCCCCCCCN(C[C@H](O)[C@@H](O)[C@H](O)[C@H](O)CO)C(=O)CCCCCC. The number of nitrogens with zero attached hydrogens (tertiary/aromatic N) is 1. The quantitative estimate of drug-likeness (QED) is 0.158. The number of aliphatic hydroxyl groups is 5. The normalized spacial score (nSPS) is 15.3. The minimum absolute atomic E-state index is 0.0551. The number of hydrogen-bond acceptors (Lipinski definition) is 6. The topological polar surface area (TPSA) is 121 Å². The van der Waals surface area contributed by atoms with Crippen LogP contribution in [0.2, 0.25) is 0 Å². The van der Waals surface area contributed by atoms with E-state index in [1.54, 1.807) is 4.90 Å². The van der Waals surface area contributed by atoms with Gasteiger partial charge in [0.15, 0.2) is 0 Å². The standard InChI is InChI=1S/C25H51NO6/c1-3-5-7-9-10-11-12-13-14-16-18-26(23(30)17-15-8-6-4-2)19-21(28)24(31)25(32)22(29)20-27/h21-22,24-25,27-29,31-32H,3-20H2,1-2H3/t21-,22+,24+,25+/m0/s1. The molecule has 1 amide bonds. The average Bonchev–Trinajstić information content (AvgIpc) is 2.80. The van der Waals surface area contributed by atoms with E-state index in [2.05, 4.69) is 13.8 Å². The fraction of sp³-hybridized carbons (Fsp3) is 0.960. The van der Waals surface area contributed by atoms with Crippen molar-refractivity contribution in [2.45, 2.75) is 135 Å². The van der Waals surface area contributed by atoms with E-state index in [4.69, 9.17) is 5.11 Å². The van der Waals surface area contributed by atoms with E-state index in [1.165, 1.54) is 44.9 Å². The molecule has 0 saturated heterocycles. The Bertz CT molecular complexity index is 437. The lowest BCUT2D eigenvalue weighted by Gasteiger charge is -2.30. The van der Waals surface area contributed by atoms with Crippen molar-refractivity contribution in [3.63, 3.8) is 0 Å². The van der Waals surface area contributed by atoms with Crippen molar-refractivity contribution in [2.24, 2.45) is 0 Å². The predicted molar refractivity (Wildman–Crippen MR) is 128 cm³/mol. The van der Waals surface area contributed by atoms with E-state index in [1.807, 2.05) is 0 Å². The van der Waals surface area contributed by atoms with Gasteiger partial charge in [-0.25, -0.2) is 0 Å². The smallest absolute Gasteiger partial charge is 0.222 e. The highest BCUT2D eigenvalue weighted by atomic mass is 16.4. The molecular weight excluding hydrogens is 410 g/mol. The summed E-state index contributed by atoms with van der Waals surface area (Å²) in [5.41, 5.74) is 0. The van der Waals surface area contributed by atoms with E-state index < -0.39 is 31.0 Å². The van der Waals surface area contributed by atoms with E-state index >= 15 is 0 Å².